The third-order valence-corrected chi connectivity index (χ3v) is 3.06. The summed E-state index contributed by atoms with van der Waals surface area (Å²) in [6, 6.07) is 3.74. The Morgan fingerprint density at radius 3 is 2.71 bits per heavy atom. The molecular formula is C12H14BrClFNO. The predicted octanol–water partition coefficient (Wildman–Crippen LogP) is 3.77. The van der Waals surface area contributed by atoms with E-state index in [0.717, 1.165) is 17.8 Å². The average molecular weight is 323 g/mol. The quantitative estimate of drug-likeness (QED) is 0.840. The number of alkyl halides is 1. The fourth-order valence-corrected chi connectivity index (χ4v) is 2.59. The highest BCUT2D eigenvalue weighted by Gasteiger charge is 2.21. The van der Waals surface area contributed by atoms with Crippen LogP contribution in [0.3, 0.4) is 0 Å². The second-order valence-electron chi connectivity index (χ2n) is 4.40. The van der Waals surface area contributed by atoms with E-state index in [0.29, 0.717) is 0 Å². The van der Waals surface area contributed by atoms with E-state index in [1.165, 1.54) is 12.1 Å². The largest absolute Gasteiger partial charge is 0.347 e. The molecule has 0 aromatic heterocycles. The topological polar surface area (TPSA) is 29.1 Å². The van der Waals surface area contributed by atoms with Crippen molar-refractivity contribution < 1.29 is 9.18 Å². The van der Waals surface area contributed by atoms with Crippen molar-refractivity contribution in [1.82, 2.24) is 5.32 Å². The van der Waals surface area contributed by atoms with Gasteiger partial charge < -0.3 is 5.32 Å². The van der Waals surface area contributed by atoms with Crippen LogP contribution in [0.2, 0.25) is 5.02 Å². The Hall–Kier alpha value is -0.610. The van der Waals surface area contributed by atoms with E-state index >= 15 is 0 Å². The Balaban J connectivity index is 2.83. The maximum atomic E-state index is 12.8. The van der Waals surface area contributed by atoms with Gasteiger partial charge in [0, 0.05) is 10.9 Å². The standard InChI is InChI=1S/C12H14BrClFNO/c1-12(2,5-6-13)16-11(17)9-4-3-8(15)7-10(9)14/h3-4,7H,5-6H2,1-2H3,(H,16,17). The molecule has 1 N–H and O–H groups in total. The Morgan fingerprint density at radius 2 is 2.18 bits per heavy atom. The van der Waals surface area contributed by atoms with Crippen LogP contribution >= 0.6 is 27.5 Å². The molecule has 0 saturated heterocycles. The summed E-state index contributed by atoms with van der Waals surface area (Å²) in [7, 11) is 0. The van der Waals surface area contributed by atoms with Crippen molar-refractivity contribution in [3.8, 4) is 0 Å². The van der Waals surface area contributed by atoms with Gasteiger partial charge in [-0.25, -0.2) is 4.39 Å². The van der Waals surface area contributed by atoms with Gasteiger partial charge in [0.25, 0.3) is 5.91 Å². The summed E-state index contributed by atoms with van der Waals surface area (Å²) < 4.78 is 12.8. The highest BCUT2D eigenvalue weighted by Crippen LogP contribution is 2.19. The molecule has 0 aliphatic rings. The van der Waals surface area contributed by atoms with E-state index in [9.17, 15) is 9.18 Å². The zero-order valence-corrected chi connectivity index (χ0v) is 12.0. The van der Waals surface area contributed by atoms with Crippen molar-refractivity contribution in [2.75, 3.05) is 5.33 Å². The van der Waals surface area contributed by atoms with Gasteiger partial charge in [0.15, 0.2) is 0 Å². The van der Waals surface area contributed by atoms with Crippen LogP contribution in [0.1, 0.15) is 30.6 Å². The number of nitrogens with one attached hydrogen (secondary N) is 1. The lowest BCUT2D eigenvalue weighted by molar-refractivity contribution is 0.0912. The number of hydrogen-bond donors (Lipinski definition) is 1. The zero-order chi connectivity index (χ0) is 13.1. The normalized spacial score (nSPS) is 11.4. The van der Waals surface area contributed by atoms with Crippen molar-refractivity contribution in [3.05, 3.63) is 34.6 Å². The number of benzene rings is 1. The summed E-state index contributed by atoms with van der Waals surface area (Å²) in [5, 5.41) is 3.77. The van der Waals surface area contributed by atoms with E-state index in [4.69, 9.17) is 11.6 Å². The van der Waals surface area contributed by atoms with Crippen LogP contribution < -0.4 is 5.32 Å². The van der Waals surface area contributed by atoms with Crippen molar-refractivity contribution in [1.29, 1.82) is 0 Å². The summed E-state index contributed by atoms with van der Waals surface area (Å²) in [5.41, 5.74) is -0.0473. The highest BCUT2D eigenvalue weighted by molar-refractivity contribution is 9.09. The molecule has 5 heteroatoms. The molecule has 0 spiro atoms. The van der Waals surface area contributed by atoms with Crippen molar-refractivity contribution in [2.24, 2.45) is 0 Å². The first-order chi connectivity index (χ1) is 7.85. The summed E-state index contributed by atoms with van der Waals surface area (Å²) in [6.07, 6.45) is 0.789. The van der Waals surface area contributed by atoms with E-state index in [-0.39, 0.29) is 22.0 Å². The molecule has 0 unspecified atom stereocenters. The second-order valence-corrected chi connectivity index (χ2v) is 5.60. The molecule has 0 fully saturated rings. The molecule has 0 saturated carbocycles. The second kappa shape index (κ2) is 5.83. The Morgan fingerprint density at radius 1 is 1.53 bits per heavy atom. The summed E-state index contributed by atoms with van der Waals surface area (Å²) in [6.45, 7) is 3.84. The lowest BCUT2D eigenvalue weighted by Crippen LogP contribution is -2.43. The molecule has 1 amide bonds. The molecule has 0 bridgehead atoms. The number of amides is 1. The Bertz CT molecular complexity index is 423. The molecular weight excluding hydrogens is 308 g/mol. The SMILES string of the molecule is CC(C)(CCBr)NC(=O)c1ccc(F)cc1Cl. The van der Waals surface area contributed by atoms with Crippen LogP contribution in [0.25, 0.3) is 0 Å². The van der Waals surface area contributed by atoms with Gasteiger partial charge in [-0.2, -0.15) is 0 Å². The summed E-state index contributed by atoms with van der Waals surface area (Å²) in [4.78, 5) is 11.9. The van der Waals surface area contributed by atoms with Gasteiger partial charge >= 0.3 is 0 Å². The van der Waals surface area contributed by atoms with Crippen LogP contribution in [0.5, 0.6) is 0 Å². The third kappa shape index (κ3) is 4.28. The molecule has 0 heterocycles. The zero-order valence-electron chi connectivity index (χ0n) is 9.69. The molecule has 0 aliphatic carbocycles. The van der Waals surface area contributed by atoms with Crippen LogP contribution in [0.15, 0.2) is 18.2 Å². The molecule has 1 aromatic carbocycles. The number of hydrogen-bond acceptors (Lipinski definition) is 1. The van der Waals surface area contributed by atoms with Gasteiger partial charge in [0.2, 0.25) is 0 Å². The van der Waals surface area contributed by atoms with Crippen molar-refractivity contribution in [2.45, 2.75) is 25.8 Å². The Labute approximate surface area is 114 Å². The van der Waals surface area contributed by atoms with Crippen LogP contribution in [-0.4, -0.2) is 16.8 Å². The molecule has 17 heavy (non-hydrogen) atoms. The first-order valence-corrected chi connectivity index (χ1v) is 6.69. The highest BCUT2D eigenvalue weighted by atomic mass is 79.9. The summed E-state index contributed by atoms with van der Waals surface area (Å²) in [5.74, 6) is -0.743. The van der Waals surface area contributed by atoms with Crippen molar-refractivity contribution in [3.63, 3.8) is 0 Å². The first-order valence-electron chi connectivity index (χ1n) is 5.19. The van der Waals surface area contributed by atoms with Gasteiger partial charge in [-0.05, 0) is 38.5 Å². The summed E-state index contributed by atoms with van der Waals surface area (Å²) >= 11 is 9.15. The monoisotopic (exact) mass is 321 g/mol. The van der Waals surface area contributed by atoms with Crippen molar-refractivity contribution >= 4 is 33.4 Å². The van der Waals surface area contributed by atoms with Gasteiger partial charge in [0.1, 0.15) is 5.82 Å². The van der Waals surface area contributed by atoms with Gasteiger partial charge in [-0.3, -0.25) is 4.79 Å². The van der Waals surface area contributed by atoms with E-state index in [1.807, 2.05) is 13.8 Å². The minimum absolute atomic E-state index is 0.122. The lowest BCUT2D eigenvalue weighted by atomic mass is 10.0. The van der Waals surface area contributed by atoms with E-state index in [2.05, 4.69) is 21.2 Å². The maximum Gasteiger partial charge on any atom is 0.253 e. The maximum absolute atomic E-state index is 12.8. The van der Waals surface area contributed by atoms with E-state index in [1.54, 1.807) is 0 Å². The molecule has 0 aliphatic heterocycles. The average Bonchev–Trinajstić information content (AvgIpc) is 2.15. The van der Waals surface area contributed by atoms with E-state index < -0.39 is 5.82 Å². The molecule has 0 radical (unpaired) electrons. The minimum Gasteiger partial charge on any atom is -0.347 e. The molecule has 94 valence electrons. The smallest absolute Gasteiger partial charge is 0.253 e. The van der Waals surface area contributed by atoms with Crippen LogP contribution in [0.4, 0.5) is 4.39 Å². The van der Waals surface area contributed by atoms with Gasteiger partial charge in [-0.15, -0.1) is 0 Å². The number of carbonyl (C=O) groups excluding carboxylic acids is 1. The predicted molar refractivity (Wildman–Crippen MR) is 71.4 cm³/mol. The fraction of sp³-hybridized carbons (Fsp3) is 0.417. The fourth-order valence-electron chi connectivity index (χ4n) is 1.35. The molecule has 1 aromatic rings. The molecule has 1 rings (SSSR count). The van der Waals surface area contributed by atoms with Crippen LogP contribution in [-0.2, 0) is 0 Å². The first kappa shape index (κ1) is 14.5. The van der Waals surface area contributed by atoms with Gasteiger partial charge in [-0.1, -0.05) is 27.5 Å². The molecule has 2 nitrogen and oxygen atoms in total. The number of carbonyl (C=O) groups is 1. The number of rotatable bonds is 4. The van der Waals surface area contributed by atoms with Gasteiger partial charge in [0.05, 0.1) is 10.6 Å². The van der Waals surface area contributed by atoms with Crippen LogP contribution in [0, 0.1) is 5.82 Å². The lowest BCUT2D eigenvalue weighted by Gasteiger charge is -2.25. The molecule has 0 atom stereocenters. The third-order valence-electron chi connectivity index (χ3n) is 2.35. The minimum atomic E-state index is -0.453. The number of halogens is 3. The Kier molecular flexibility index (Phi) is 4.95.